The Morgan fingerprint density at radius 1 is 1.43 bits per heavy atom. The number of likely N-dealkylation sites (N-methyl/N-ethyl adjacent to an activating group) is 1. The summed E-state index contributed by atoms with van der Waals surface area (Å²) in [4.78, 5) is 13.5. The SMILES string of the molecule is CCN(C)CCNS(=O)(=O)c1ccc(N)cc1C(=O)OC. The molecule has 1 rings (SSSR count). The van der Waals surface area contributed by atoms with Gasteiger partial charge in [-0.1, -0.05) is 6.92 Å². The minimum Gasteiger partial charge on any atom is -0.465 e. The van der Waals surface area contributed by atoms with Gasteiger partial charge in [0, 0.05) is 18.8 Å². The van der Waals surface area contributed by atoms with Crippen LogP contribution in [-0.4, -0.2) is 53.1 Å². The molecule has 0 spiro atoms. The minimum absolute atomic E-state index is 0.0751. The number of nitrogen functional groups attached to an aromatic ring is 1. The van der Waals surface area contributed by atoms with E-state index in [0.29, 0.717) is 12.2 Å². The highest BCUT2D eigenvalue weighted by molar-refractivity contribution is 7.89. The Bertz CT molecular complexity index is 601. The lowest BCUT2D eigenvalue weighted by molar-refractivity contribution is 0.0596. The fraction of sp³-hybridized carbons (Fsp3) is 0.462. The topological polar surface area (TPSA) is 102 Å². The molecule has 118 valence electrons. The first-order chi connectivity index (χ1) is 9.81. The standard InChI is InChI=1S/C13H21N3O4S/c1-4-16(2)8-7-15-21(18,19)12-6-5-10(14)9-11(12)13(17)20-3/h5-6,9,15H,4,7-8,14H2,1-3H3. The lowest BCUT2D eigenvalue weighted by Crippen LogP contribution is -2.33. The maximum Gasteiger partial charge on any atom is 0.339 e. The number of sulfonamides is 1. The second-order valence-electron chi connectivity index (χ2n) is 4.54. The maximum absolute atomic E-state index is 12.3. The third-order valence-corrected chi connectivity index (χ3v) is 4.54. The molecule has 1 aromatic carbocycles. The Balaban J connectivity index is 3.00. The molecule has 0 amide bonds. The van der Waals surface area contributed by atoms with Crippen LogP contribution in [0.2, 0.25) is 0 Å². The van der Waals surface area contributed by atoms with E-state index in [0.717, 1.165) is 6.54 Å². The molecule has 0 aromatic heterocycles. The molecule has 0 unspecified atom stereocenters. The van der Waals surface area contributed by atoms with Gasteiger partial charge >= 0.3 is 5.97 Å². The summed E-state index contributed by atoms with van der Waals surface area (Å²) in [7, 11) is -0.727. The van der Waals surface area contributed by atoms with E-state index in [1.165, 1.54) is 25.3 Å². The summed E-state index contributed by atoms with van der Waals surface area (Å²) in [6.45, 7) is 3.61. The Hall–Kier alpha value is -1.64. The van der Waals surface area contributed by atoms with Gasteiger partial charge in [-0.15, -0.1) is 0 Å². The van der Waals surface area contributed by atoms with Crippen LogP contribution >= 0.6 is 0 Å². The Kier molecular flexibility index (Phi) is 6.13. The molecular weight excluding hydrogens is 294 g/mol. The molecule has 8 heteroatoms. The number of nitrogens with one attached hydrogen (secondary N) is 1. The summed E-state index contributed by atoms with van der Waals surface area (Å²) < 4.78 is 31.6. The van der Waals surface area contributed by atoms with Crippen molar-refractivity contribution >= 4 is 21.7 Å². The van der Waals surface area contributed by atoms with Gasteiger partial charge in [-0.2, -0.15) is 0 Å². The molecule has 0 aliphatic heterocycles. The average Bonchev–Trinajstić information content (AvgIpc) is 2.45. The largest absolute Gasteiger partial charge is 0.465 e. The minimum atomic E-state index is -3.80. The monoisotopic (exact) mass is 315 g/mol. The van der Waals surface area contributed by atoms with Gasteiger partial charge in [-0.05, 0) is 31.8 Å². The van der Waals surface area contributed by atoms with E-state index in [-0.39, 0.29) is 17.0 Å². The fourth-order valence-electron chi connectivity index (χ4n) is 1.66. The number of nitrogens with two attached hydrogens (primary N) is 1. The van der Waals surface area contributed by atoms with Crippen LogP contribution in [0.4, 0.5) is 5.69 Å². The van der Waals surface area contributed by atoms with Gasteiger partial charge in [0.25, 0.3) is 0 Å². The molecule has 0 saturated heterocycles. The van der Waals surface area contributed by atoms with Crippen molar-refractivity contribution < 1.29 is 17.9 Å². The molecule has 0 bridgehead atoms. The zero-order valence-corrected chi connectivity index (χ0v) is 13.2. The molecule has 3 N–H and O–H groups in total. The van der Waals surface area contributed by atoms with E-state index in [4.69, 9.17) is 5.73 Å². The highest BCUT2D eigenvalue weighted by Crippen LogP contribution is 2.19. The predicted octanol–water partition coefficient (Wildman–Crippen LogP) is 0.285. The molecule has 0 aliphatic carbocycles. The quantitative estimate of drug-likeness (QED) is 0.554. The molecular formula is C13H21N3O4S. The highest BCUT2D eigenvalue weighted by Gasteiger charge is 2.23. The number of hydrogen-bond acceptors (Lipinski definition) is 6. The van der Waals surface area contributed by atoms with Crippen LogP contribution in [0.15, 0.2) is 23.1 Å². The number of methoxy groups -OCH3 is 1. The van der Waals surface area contributed by atoms with Crippen molar-refractivity contribution in [3.05, 3.63) is 23.8 Å². The number of rotatable bonds is 7. The second-order valence-corrected chi connectivity index (χ2v) is 6.28. The van der Waals surface area contributed by atoms with Crippen molar-refractivity contribution in [1.29, 1.82) is 0 Å². The van der Waals surface area contributed by atoms with Gasteiger partial charge < -0.3 is 15.4 Å². The van der Waals surface area contributed by atoms with Crippen LogP contribution in [0.25, 0.3) is 0 Å². The van der Waals surface area contributed by atoms with Gasteiger partial charge in [0.2, 0.25) is 10.0 Å². The molecule has 1 aromatic rings. The van der Waals surface area contributed by atoms with Gasteiger partial charge in [0.15, 0.2) is 0 Å². The fourth-order valence-corrected chi connectivity index (χ4v) is 2.85. The highest BCUT2D eigenvalue weighted by atomic mass is 32.2. The molecule has 0 radical (unpaired) electrons. The molecule has 0 aliphatic rings. The summed E-state index contributed by atoms with van der Waals surface area (Å²) >= 11 is 0. The summed E-state index contributed by atoms with van der Waals surface area (Å²) in [6.07, 6.45) is 0. The lowest BCUT2D eigenvalue weighted by atomic mass is 10.2. The normalized spacial score (nSPS) is 11.6. The summed E-state index contributed by atoms with van der Waals surface area (Å²) in [5.74, 6) is -0.742. The van der Waals surface area contributed by atoms with Crippen LogP contribution < -0.4 is 10.5 Å². The van der Waals surface area contributed by atoms with Crippen molar-refractivity contribution in [3.8, 4) is 0 Å². The number of nitrogens with zero attached hydrogens (tertiary/aromatic N) is 1. The van der Waals surface area contributed by atoms with E-state index in [9.17, 15) is 13.2 Å². The predicted molar refractivity (Wildman–Crippen MR) is 80.6 cm³/mol. The first kappa shape index (κ1) is 17.4. The smallest absolute Gasteiger partial charge is 0.339 e. The molecule has 7 nitrogen and oxygen atoms in total. The van der Waals surface area contributed by atoms with E-state index >= 15 is 0 Å². The van der Waals surface area contributed by atoms with Gasteiger partial charge in [-0.25, -0.2) is 17.9 Å². The van der Waals surface area contributed by atoms with Crippen molar-refractivity contribution in [1.82, 2.24) is 9.62 Å². The summed E-state index contributed by atoms with van der Waals surface area (Å²) in [6, 6.07) is 4.02. The van der Waals surface area contributed by atoms with Crippen molar-refractivity contribution in [2.45, 2.75) is 11.8 Å². The second kappa shape index (κ2) is 7.39. The Morgan fingerprint density at radius 2 is 2.10 bits per heavy atom. The van der Waals surface area contributed by atoms with E-state index in [2.05, 4.69) is 9.46 Å². The number of benzene rings is 1. The van der Waals surface area contributed by atoms with Crippen LogP contribution in [0, 0.1) is 0 Å². The molecule has 21 heavy (non-hydrogen) atoms. The number of carbonyl (C=O) groups excluding carboxylic acids is 1. The third-order valence-electron chi connectivity index (χ3n) is 3.02. The van der Waals surface area contributed by atoms with Gasteiger partial charge in [0.05, 0.1) is 17.6 Å². The maximum atomic E-state index is 12.3. The number of hydrogen-bond donors (Lipinski definition) is 2. The average molecular weight is 315 g/mol. The van der Waals surface area contributed by atoms with E-state index < -0.39 is 16.0 Å². The summed E-state index contributed by atoms with van der Waals surface area (Å²) in [5, 5.41) is 0. The Morgan fingerprint density at radius 3 is 2.67 bits per heavy atom. The first-order valence-electron chi connectivity index (χ1n) is 6.48. The first-order valence-corrected chi connectivity index (χ1v) is 7.96. The van der Waals surface area contributed by atoms with Gasteiger partial charge in [0.1, 0.15) is 0 Å². The molecule has 0 fully saturated rings. The van der Waals surface area contributed by atoms with Crippen LogP contribution in [0.3, 0.4) is 0 Å². The van der Waals surface area contributed by atoms with Crippen molar-refractivity contribution in [2.24, 2.45) is 0 Å². The number of carbonyl (C=O) groups is 1. The zero-order chi connectivity index (χ0) is 16.0. The van der Waals surface area contributed by atoms with E-state index in [1.807, 2.05) is 18.9 Å². The van der Waals surface area contributed by atoms with Crippen LogP contribution in [-0.2, 0) is 14.8 Å². The molecule has 0 atom stereocenters. The molecule has 0 heterocycles. The van der Waals surface area contributed by atoms with Crippen molar-refractivity contribution in [2.75, 3.05) is 39.5 Å². The lowest BCUT2D eigenvalue weighted by Gasteiger charge is -2.15. The van der Waals surface area contributed by atoms with Crippen LogP contribution in [0.5, 0.6) is 0 Å². The number of esters is 1. The number of anilines is 1. The summed E-state index contributed by atoms with van der Waals surface area (Å²) in [5.41, 5.74) is 5.81. The van der Waals surface area contributed by atoms with E-state index in [1.54, 1.807) is 0 Å². The van der Waals surface area contributed by atoms with Crippen molar-refractivity contribution in [3.63, 3.8) is 0 Å². The van der Waals surface area contributed by atoms with Gasteiger partial charge in [-0.3, -0.25) is 0 Å². The van der Waals surface area contributed by atoms with Crippen LogP contribution in [0.1, 0.15) is 17.3 Å². The third kappa shape index (κ3) is 4.69. The zero-order valence-electron chi connectivity index (χ0n) is 12.4. The Labute approximate surface area is 125 Å². The molecule has 0 saturated carbocycles. The number of ether oxygens (including phenoxy) is 1.